The summed E-state index contributed by atoms with van der Waals surface area (Å²) in [6, 6.07) is 9.73. The van der Waals surface area contributed by atoms with Gasteiger partial charge in [0.05, 0.1) is 23.6 Å². The molecular formula is C22H25BrN2O5. The van der Waals surface area contributed by atoms with Gasteiger partial charge >= 0.3 is 5.97 Å². The van der Waals surface area contributed by atoms with Crippen LogP contribution in [0.2, 0.25) is 0 Å². The smallest absolute Gasteiger partial charge is 0.308 e. The molecular weight excluding hydrogens is 452 g/mol. The lowest BCUT2D eigenvalue weighted by molar-refractivity contribution is -0.156. The fourth-order valence-corrected chi connectivity index (χ4v) is 3.39. The van der Waals surface area contributed by atoms with Crippen molar-refractivity contribution in [1.29, 1.82) is 0 Å². The average Bonchev–Trinajstić information content (AvgIpc) is 3.03. The predicted octanol–water partition coefficient (Wildman–Crippen LogP) is 5.17. The molecule has 3 rings (SSSR count). The Balaban J connectivity index is 1.61. The van der Waals surface area contributed by atoms with Crippen molar-refractivity contribution in [2.24, 2.45) is 0 Å². The van der Waals surface area contributed by atoms with Crippen LogP contribution in [0.4, 0.5) is 0 Å². The lowest BCUT2D eigenvalue weighted by Crippen LogP contribution is -2.25. The molecule has 2 aromatic heterocycles. The second kappa shape index (κ2) is 9.57. The number of hydrogen-bond donors (Lipinski definition) is 0. The molecule has 1 atom stereocenters. The molecule has 0 N–H and O–H groups in total. The third-order valence-corrected chi connectivity index (χ3v) is 4.77. The fraction of sp³-hybridized carbons (Fsp3) is 0.409. The van der Waals surface area contributed by atoms with Gasteiger partial charge in [0, 0.05) is 5.56 Å². The molecule has 1 aromatic carbocycles. The monoisotopic (exact) mass is 476 g/mol. The number of carbonyl (C=O) groups is 1. The Morgan fingerprint density at radius 2 is 1.93 bits per heavy atom. The van der Waals surface area contributed by atoms with Gasteiger partial charge in [-0.1, -0.05) is 30.3 Å². The lowest BCUT2D eigenvalue weighted by Gasteiger charge is -2.20. The third kappa shape index (κ3) is 5.79. The number of nitrogens with zero attached hydrogens (tertiary/aromatic N) is 2. The zero-order chi connectivity index (χ0) is 21.7. The molecule has 0 bridgehead atoms. The van der Waals surface area contributed by atoms with Crippen molar-refractivity contribution >= 4 is 33.0 Å². The van der Waals surface area contributed by atoms with Gasteiger partial charge in [0.25, 0.3) is 0 Å². The number of halogens is 1. The first-order valence-corrected chi connectivity index (χ1v) is 10.5. The Morgan fingerprint density at radius 3 is 2.63 bits per heavy atom. The van der Waals surface area contributed by atoms with Crippen LogP contribution in [0.25, 0.3) is 22.4 Å². The van der Waals surface area contributed by atoms with E-state index < -0.39 is 5.60 Å². The van der Waals surface area contributed by atoms with Crippen LogP contribution in [-0.4, -0.2) is 40.9 Å². The summed E-state index contributed by atoms with van der Waals surface area (Å²) in [7, 11) is 0. The van der Waals surface area contributed by atoms with Crippen LogP contribution in [0.1, 0.15) is 34.1 Å². The molecule has 0 fully saturated rings. The van der Waals surface area contributed by atoms with Gasteiger partial charge in [0.2, 0.25) is 11.6 Å². The van der Waals surface area contributed by atoms with Crippen molar-refractivity contribution in [2.45, 2.75) is 45.8 Å². The normalized spacial score (nSPS) is 12.7. The molecule has 3 aromatic rings. The van der Waals surface area contributed by atoms with Crippen LogP contribution in [0, 0.1) is 0 Å². The largest absolute Gasteiger partial charge is 0.474 e. The Bertz CT molecular complexity index is 998. The number of hydrogen-bond acceptors (Lipinski definition) is 7. The number of fused-ring (bicyclic) bond motifs is 1. The number of furan rings is 1. The fourth-order valence-electron chi connectivity index (χ4n) is 2.74. The van der Waals surface area contributed by atoms with Gasteiger partial charge < -0.3 is 18.6 Å². The van der Waals surface area contributed by atoms with Crippen LogP contribution >= 0.6 is 15.9 Å². The maximum atomic E-state index is 11.8. The van der Waals surface area contributed by atoms with E-state index in [4.69, 9.17) is 18.6 Å². The molecule has 0 aliphatic heterocycles. The van der Waals surface area contributed by atoms with Gasteiger partial charge in [0.1, 0.15) is 23.9 Å². The van der Waals surface area contributed by atoms with Gasteiger partial charge in [-0.2, -0.15) is 0 Å². The number of carbonyl (C=O) groups excluding carboxylic acids is 1. The van der Waals surface area contributed by atoms with E-state index in [-0.39, 0.29) is 31.7 Å². The molecule has 0 spiro atoms. The van der Waals surface area contributed by atoms with E-state index in [2.05, 4.69) is 25.9 Å². The van der Waals surface area contributed by atoms with Crippen LogP contribution < -0.4 is 4.74 Å². The highest BCUT2D eigenvalue weighted by Crippen LogP contribution is 2.40. The second-order valence-corrected chi connectivity index (χ2v) is 8.59. The molecule has 0 radical (unpaired) electrons. The summed E-state index contributed by atoms with van der Waals surface area (Å²) in [5.41, 5.74) is 0.859. The summed E-state index contributed by atoms with van der Waals surface area (Å²) in [5.74, 6) is 0.780. The van der Waals surface area contributed by atoms with Gasteiger partial charge in [-0.05, 0) is 43.6 Å². The third-order valence-electron chi connectivity index (χ3n) is 4.01. The Kier molecular flexibility index (Phi) is 7.10. The van der Waals surface area contributed by atoms with Crippen molar-refractivity contribution in [2.75, 3.05) is 13.2 Å². The maximum Gasteiger partial charge on any atom is 0.308 e. The van der Waals surface area contributed by atoms with Gasteiger partial charge in [-0.25, -0.2) is 9.97 Å². The minimum absolute atomic E-state index is 0.188. The number of esters is 1. The minimum Gasteiger partial charge on any atom is -0.474 e. The SMILES string of the molecule is C[C@@H](COc1ncnc2oc(-c3ccccc3)c(Br)c12)OCCC(=O)OC(C)(C)C. The molecule has 0 aliphatic rings. The number of benzene rings is 1. The summed E-state index contributed by atoms with van der Waals surface area (Å²) in [6.45, 7) is 7.89. The van der Waals surface area contributed by atoms with Crippen LogP contribution in [0.3, 0.4) is 0 Å². The molecule has 0 aliphatic carbocycles. The van der Waals surface area contributed by atoms with E-state index in [0.717, 1.165) is 10.0 Å². The summed E-state index contributed by atoms with van der Waals surface area (Å²) < 4.78 is 23.4. The average molecular weight is 477 g/mol. The second-order valence-electron chi connectivity index (χ2n) is 7.80. The summed E-state index contributed by atoms with van der Waals surface area (Å²) in [4.78, 5) is 20.2. The number of rotatable bonds is 8. The zero-order valence-electron chi connectivity index (χ0n) is 17.5. The van der Waals surface area contributed by atoms with Crippen molar-refractivity contribution in [3.05, 3.63) is 41.1 Å². The molecule has 0 saturated heterocycles. The topological polar surface area (TPSA) is 83.7 Å². The molecule has 0 unspecified atom stereocenters. The van der Waals surface area contributed by atoms with Crippen LogP contribution in [0.15, 0.2) is 45.5 Å². The highest BCUT2D eigenvalue weighted by molar-refractivity contribution is 9.10. The molecule has 2 heterocycles. The first-order valence-electron chi connectivity index (χ1n) is 9.69. The number of aromatic nitrogens is 2. The standard InChI is InChI=1S/C22H25BrN2O5/c1-14(27-11-10-16(26)30-22(2,3)4)12-28-20-17-18(23)19(15-8-6-5-7-9-15)29-21(17)25-13-24-20/h5-9,13-14H,10-12H2,1-4H3/t14-/m0/s1. The van der Waals surface area contributed by atoms with E-state index in [1.165, 1.54) is 6.33 Å². The highest BCUT2D eigenvalue weighted by Gasteiger charge is 2.20. The van der Waals surface area contributed by atoms with E-state index in [9.17, 15) is 4.79 Å². The van der Waals surface area contributed by atoms with Crippen molar-refractivity contribution in [3.63, 3.8) is 0 Å². The van der Waals surface area contributed by atoms with E-state index in [0.29, 0.717) is 22.7 Å². The van der Waals surface area contributed by atoms with Gasteiger partial charge in [-0.3, -0.25) is 4.79 Å². The maximum absolute atomic E-state index is 11.8. The van der Waals surface area contributed by atoms with Crippen molar-refractivity contribution in [1.82, 2.24) is 9.97 Å². The Hall–Kier alpha value is -2.45. The quantitative estimate of drug-likeness (QED) is 0.414. The molecule has 7 nitrogen and oxygen atoms in total. The zero-order valence-corrected chi connectivity index (χ0v) is 19.1. The van der Waals surface area contributed by atoms with Crippen molar-refractivity contribution in [3.8, 4) is 17.2 Å². The predicted molar refractivity (Wildman–Crippen MR) is 116 cm³/mol. The Labute approximate surface area is 183 Å². The lowest BCUT2D eigenvalue weighted by atomic mass is 10.2. The summed E-state index contributed by atoms with van der Waals surface area (Å²) >= 11 is 3.59. The minimum atomic E-state index is -0.499. The van der Waals surface area contributed by atoms with Gasteiger partial charge in [-0.15, -0.1) is 0 Å². The summed E-state index contributed by atoms with van der Waals surface area (Å²) in [5, 5.41) is 0.664. The van der Waals surface area contributed by atoms with Gasteiger partial charge in [0.15, 0.2) is 5.76 Å². The van der Waals surface area contributed by atoms with E-state index in [1.54, 1.807) is 0 Å². The van der Waals surface area contributed by atoms with Crippen LogP contribution in [0.5, 0.6) is 5.88 Å². The summed E-state index contributed by atoms with van der Waals surface area (Å²) in [6.07, 6.45) is 1.35. The molecule has 0 amide bonds. The first kappa shape index (κ1) is 22.2. The van der Waals surface area contributed by atoms with E-state index in [1.807, 2.05) is 58.0 Å². The Morgan fingerprint density at radius 1 is 1.20 bits per heavy atom. The molecule has 30 heavy (non-hydrogen) atoms. The molecule has 8 heteroatoms. The highest BCUT2D eigenvalue weighted by atomic mass is 79.9. The first-order chi connectivity index (χ1) is 14.2. The molecule has 160 valence electrons. The van der Waals surface area contributed by atoms with E-state index >= 15 is 0 Å². The number of ether oxygens (including phenoxy) is 3. The molecule has 0 saturated carbocycles. The van der Waals surface area contributed by atoms with Crippen LogP contribution in [-0.2, 0) is 14.3 Å². The van der Waals surface area contributed by atoms with Crippen molar-refractivity contribution < 1.29 is 23.4 Å².